The zero-order chi connectivity index (χ0) is 15.3. The average Bonchev–Trinajstić information content (AvgIpc) is 2.26. The Balaban J connectivity index is 2.50. The Bertz CT molecular complexity index is 341. The van der Waals surface area contributed by atoms with E-state index in [9.17, 15) is 0 Å². The van der Waals surface area contributed by atoms with Crippen LogP contribution >= 0.6 is 0 Å². The van der Waals surface area contributed by atoms with Crippen LogP contribution in [0.1, 0.15) is 40.0 Å². The normalized spacial score (nSPS) is 27.9. The molecule has 0 aromatic carbocycles. The van der Waals surface area contributed by atoms with E-state index in [4.69, 9.17) is 9.16 Å². The summed E-state index contributed by atoms with van der Waals surface area (Å²) >= 11 is 0. The van der Waals surface area contributed by atoms with Crippen LogP contribution in [0.4, 0.5) is 0 Å². The first-order valence-electron chi connectivity index (χ1n) is 7.89. The fourth-order valence-corrected chi connectivity index (χ4v) is 3.77. The highest BCUT2D eigenvalue weighted by Gasteiger charge is 2.31. The Labute approximate surface area is 126 Å². The van der Waals surface area contributed by atoms with Crippen LogP contribution in [-0.2, 0) is 9.16 Å². The van der Waals surface area contributed by atoms with Crippen molar-refractivity contribution >= 4 is 8.32 Å². The van der Waals surface area contributed by atoms with Crippen molar-refractivity contribution in [1.29, 1.82) is 0 Å². The van der Waals surface area contributed by atoms with Gasteiger partial charge in [-0.2, -0.15) is 0 Å². The summed E-state index contributed by atoms with van der Waals surface area (Å²) < 4.78 is 11.8. The van der Waals surface area contributed by atoms with Crippen LogP contribution in [0, 0.1) is 17.8 Å². The van der Waals surface area contributed by atoms with Crippen LogP contribution < -0.4 is 0 Å². The smallest absolute Gasteiger partial charge is 0.242 e. The lowest BCUT2D eigenvalue weighted by Crippen LogP contribution is -2.33. The summed E-state index contributed by atoms with van der Waals surface area (Å²) in [5.74, 6) is 2.84. The maximum atomic E-state index is 6.01. The first kappa shape index (κ1) is 17.3. The molecule has 20 heavy (non-hydrogen) atoms. The Morgan fingerprint density at radius 2 is 1.90 bits per heavy atom. The van der Waals surface area contributed by atoms with E-state index in [1.54, 1.807) is 6.26 Å². The van der Waals surface area contributed by atoms with E-state index in [0.717, 1.165) is 12.3 Å². The monoisotopic (exact) mass is 296 g/mol. The molecule has 0 heterocycles. The lowest BCUT2D eigenvalue weighted by molar-refractivity contribution is 0.0134. The predicted molar refractivity (Wildman–Crippen MR) is 88.9 cm³/mol. The van der Waals surface area contributed by atoms with Gasteiger partial charge < -0.3 is 9.16 Å². The summed E-state index contributed by atoms with van der Waals surface area (Å²) in [6.45, 7) is 17.3. The second-order valence-electron chi connectivity index (χ2n) is 7.48. The average molecular weight is 297 g/mol. The van der Waals surface area contributed by atoms with Crippen molar-refractivity contribution in [3.8, 4) is 0 Å². The van der Waals surface area contributed by atoms with Crippen molar-refractivity contribution in [2.75, 3.05) is 0 Å². The van der Waals surface area contributed by atoms with Crippen molar-refractivity contribution in [1.82, 2.24) is 0 Å². The molecule has 0 aromatic rings. The molecule has 0 N–H and O–H groups in total. The third-order valence-corrected chi connectivity index (χ3v) is 4.78. The number of allylic oxidation sites excluding steroid dienone is 1. The van der Waals surface area contributed by atoms with Gasteiger partial charge in [0.05, 0.1) is 12.0 Å². The zero-order valence-corrected chi connectivity index (χ0v) is 15.1. The zero-order valence-electron chi connectivity index (χ0n) is 14.1. The van der Waals surface area contributed by atoms with Gasteiger partial charge in [-0.05, 0) is 50.2 Å². The Kier molecular flexibility index (Phi) is 6.37. The van der Waals surface area contributed by atoms with Crippen molar-refractivity contribution in [3.05, 3.63) is 24.7 Å². The number of ether oxygens (including phenoxy) is 1. The molecule has 1 rings (SSSR count). The molecule has 1 saturated carbocycles. The van der Waals surface area contributed by atoms with E-state index in [1.807, 2.05) is 6.08 Å². The molecular formula is C17H32O2Si. The van der Waals surface area contributed by atoms with Crippen LogP contribution in [0.15, 0.2) is 24.7 Å². The molecule has 1 aliphatic carbocycles. The molecule has 1 fully saturated rings. The molecule has 0 radical (unpaired) electrons. The largest absolute Gasteiger partial charge is 0.545 e. The molecule has 0 bridgehead atoms. The van der Waals surface area contributed by atoms with Crippen molar-refractivity contribution < 1.29 is 9.16 Å². The second kappa shape index (κ2) is 7.35. The lowest BCUT2D eigenvalue weighted by Gasteiger charge is -2.36. The molecule has 2 nitrogen and oxygen atoms in total. The van der Waals surface area contributed by atoms with E-state index >= 15 is 0 Å². The molecule has 0 aliphatic heterocycles. The summed E-state index contributed by atoms with van der Waals surface area (Å²) in [6.07, 6.45) is 7.78. The molecule has 0 spiro atoms. The molecule has 3 atom stereocenters. The third kappa shape index (κ3) is 6.17. The predicted octanol–water partition coefficient (Wildman–Crippen LogP) is 5.34. The van der Waals surface area contributed by atoms with E-state index in [1.165, 1.54) is 12.8 Å². The van der Waals surface area contributed by atoms with Crippen LogP contribution in [0.5, 0.6) is 0 Å². The Hall–Kier alpha value is -0.703. The van der Waals surface area contributed by atoms with Crippen molar-refractivity contribution in [2.45, 2.75) is 65.8 Å². The minimum atomic E-state index is -1.56. The molecule has 3 heteroatoms. The summed E-state index contributed by atoms with van der Waals surface area (Å²) in [5, 5.41) is 0. The minimum Gasteiger partial charge on any atom is -0.545 e. The fourth-order valence-electron chi connectivity index (χ4n) is 2.91. The van der Waals surface area contributed by atoms with Crippen molar-refractivity contribution in [3.63, 3.8) is 0 Å². The van der Waals surface area contributed by atoms with Crippen molar-refractivity contribution in [2.24, 2.45) is 17.8 Å². The Morgan fingerprint density at radius 3 is 2.45 bits per heavy atom. The first-order valence-corrected chi connectivity index (χ1v) is 11.3. The number of rotatable bonds is 6. The van der Waals surface area contributed by atoms with Crippen LogP contribution in [-0.4, -0.2) is 14.4 Å². The second-order valence-corrected chi connectivity index (χ2v) is 11.9. The fraction of sp³-hybridized carbons (Fsp3) is 0.765. The van der Waals surface area contributed by atoms with E-state index in [-0.39, 0.29) is 0 Å². The molecule has 0 aromatic heterocycles. The van der Waals surface area contributed by atoms with Gasteiger partial charge in [0, 0.05) is 6.08 Å². The maximum Gasteiger partial charge on any atom is 0.242 e. The van der Waals surface area contributed by atoms with E-state index < -0.39 is 8.32 Å². The lowest BCUT2D eigenvalue weighted by atomic mass is 9.75. The molecule has 116 valence electrons. The number of hydrogen-bond acceptors (Lipinski definition) is 2. The van der Waals surface area contributed by atoms with Gasteiger partial charge in [0.1, 0.15) is 6.10 Å². The van der Waals surface area contributed by atoms with Crippen LogP contribution in [0.2, 0.25) is 19.6 Å². The van der Waals surface area contributed by atoms with Gasteiger partial charge in [0.15, 0.2) is 0 Å². The van der Waals surface area contributed by atoms with Gasteiger partial charge in [-0.3, -0.25) is 0 Å². The van der Waals surface area contributed by atoms with E-state index in [0.29, 0.717) is 23.7 Å². The summed E-state index contributed by atoms with van der Waals surface area (Å²) in [4.78, 5) is 0. The summed E-state index contributed by atoms with van der Waals surface area (Å²) in [6, 6.07) is 0. The highest BCUT2D eigenvalue weighted by Crippen LogP contribution is 2.35. The molecular weight excluding hydrogens is 264 g/mol. The molecule has 1 aliphatic rings. The topological polar surface area (TPSA) is 18.5 Å². The van der Waals surface area contributed by atoms with Gasteiger partial charge >= 0.3 is 0 Å². The molecule has 0 saturated heterocycles. The number of hydrogen-bond donors (Lipinski definition) is 0. The van der Waals surface area contributed by atoms with Gasteiger partial charge in [-0.15, -0.1) is 0 Å². The van der Waals surface area contributed by atoms with E-state index in [2.05, 4.69) is 47.0 Å². The summed E-state index contributed by atoms with van der Waals surface area (Å²) in [7, 11) is -1.56. The molecule has 0 amide bonds. The third-order valence-electron chi connectivity index (χ3n) is 3.91. The maximum absolute atomic E-state index is 6.01. The summed E-state index contributed by atoms with van der Waals surface area (Å²) in [5.41, 5.74) is 0. The van der Waals surface area contributed by atoms with Gasteiger partial charge in [-0.1, -0.05) is 33.8 Å². The standard InChI is InChI=1S/C17H32O2Si/c1-13(2)16-9-8-14(3)12-17(16)18-11-10-15(4)19-20(5,6)7/h10-11,13-14,16-17H,4,8-9,12H2,1-3,5-7H3/b11-10+/t14-,16+,17-/m1/s1. The van der Waals surface area contributed by atoms with Crippen LogP contribution in [0.25, 0.3) is 0 Å². The highest BCUT2D eigenvalue weighted by molar-refractivity contribution is 6.70. The minimum absolute atomic E-state index is 0.342. The van der Waals surface area contributed by atoms with Gasteiger partial charge in [0.2, 0.25) is 8.32 Å². The highest BCUT2D eigenvalue weighted by atomic mass is 28.4. The Morgan fingerprint density at radius 1 is 1.25 bits per heavy atom. The first-order chi connectivity index (χ1) is 9.19. The SMILES string of the molecule is C=C(/C=C/O[C@@H]1C[C@H](C)CC[C@H]1C(C)C)O[Si](C)(C)C. The quantitative estimate of drug-likeness (QED) is 0.374. The molecule has 0 unspecified atom stereocenters. The van der Waals surface area contributed by atoms with Gasteiger partial charge in [0.25, 0.3) is 0 Å². The van der Waals surface area contributed by atoms with Gasteiger partial charge in [-0.25, -0.2) is 0 Å². The van der Waals surface area contributed by atoms with Crippen LogP contribution in [0.3, 0.4) is 0 Å².